The monoisotopic (exact) mass is 297 g/mol. The van der Waals surface area contributed by atoms with Crippen LogP contribution >= 0.6 is 0 Å². The maximum absolute atomic E-state index is 12.5. The number of furan rings is 1. The third-order valence-corrected chi connectivity index (χ3v) is 3.06. The second-order valence-corrected chi connectivity index (χ2v) is 4.45. The van der Waals surface area contributed by atoms with E-state index in [1.807, 2.05) is 13.0 Å². The summed E-state index contributed by atoms with van der Waals surface area (Å²) in [5, 5.41) is 3.19. The van der Waals surface area contributed by atoms with Gasteiger partial charge in [0.05, 0.1) is 19.4 Å². The van der Waals surface area contributed by atoms with Crippen LogP contribution in [-0.2, 0) is 6.54 Å². The van der Waals surface area contributed by atoms with Gasteiger partial charge in [0.15, 0.2) is 11.5 Å². The molecule has 4 nitrogen and oxygen atoms in total. The number of hydrogen-bond donors (Lipinski definition) is 1. The van der Waals surface area contributed by atoms with Crippen LogP contribution in [0.25, 0.3) is 0 Å². The zero-order valence-corrected chi connectivity index (χ0v) is 11.8. The third-order valence-electron chi connectivity index (χ3n) is 3.06. The van der Waals surface area contributed by atoms with Crippen molar-refractivity contribution in [3.63, 3.8) is 0 Å². The molecule has 0 aliphatic heterocycles. The Balaban J connectivity index is 2.11. The van der Waals surface area contributed by atoms with Gasteiger partial charge < -0.3 is 19.2 Å². The first kappa shape index (κ1) is 15.3. The molecule has 0 bridgehead atoms. The molecule has 0 fully saturated rings. The van der Waals surface area contributed by atoms with Gasteiger partial charge >= 0.3 is 6.61 Å². The van der Waals surface area contributed by atoms with Crippen LogP contribution in [0.3, 0.4) is 0 Å². The average Bonchev–Trinajstić information content (AvgIpc) is 2.99. The minimum Gasteiger partial charge on any atom is -0.493 e. The maximum atomic E-state index is 12.5. The number of ether oxygens (including phenoxy) is 2. The number of rotatable bonds is 7. The first-order valence-corrected chi connectivity index (χ1v) is 6.49. The summed E-state index contributed by atoms with van der Waals surface area (Å²) in [6, 6.07) is 8.61. The molecule has 0 aliphatic carbocycles. The lowest BCUT2D eigenvalue weighted by atomic mass is 10.1. The molecule has 21 heavy (non-hydrogen) atoms. The molecular weight excluding hydrogens is 280 g/mol. The Morgan fingerprint density at radius 3 is 2.67 bits per heavy atom. The standard InChI is InChI=1S/C15H17F2NO3/c1-10(12-7-4-8-20-12)18-9-11-5-3-6-13(19-2)14(11)21-15(16)17/h3-8,10,15,18H,9H2,1-2H3. The Morgan fingerprint density at radius 1 is 1.24 bits per heavy atom. The summed E-state index contributed by atoms with van der Waals surface area (Å²) >= 11 is 0. The Labute approximate surface area is 121 Å². The Morgan fingerprint density at radius 2 is 2.05 bits per heavy atom. The van der Waals surface area contributed by atoms with E-state index in [4.69, 9.17) is 9.15 Å². The molecule has 0 saturated carbocycles. The molecule has 1 unspecified atom stereocenters. The van der Waals surface area contributed by atoms with E-state index in [0.29, 0.717) is 12.1 Å². The fraction of sp³-hybridized carbons (Fsp3) is 0.333. The van der Waals surface area contributed by atoms with Gasteiger partial charge in [-0.25, -0.2) is 0 Å². The van der Waals surface area contributed by atoms with Gasteiger partial charge in [-0.05, 0) is 25.1 Å². The van der Waals surface area contributed by atoms with Crippen LogP contribution in [0.4, 0.5) is 8.78 Å². The Kier molecular flexibility index (Phi) is 5.16. The van der Waals surface area contributed by atoms with Crippen LogP contribution in [0.5, 0.6) is 11.5 Å². The van der Waals surface area contributed by atoms with Gasteiger partial charge in [0.1, 0.15) is 5.76 Å². The van der Waals surface area contributed by atoms with E-state index in [9.17, 15) is 8.78 Å². The fourth-order valence-corrected chi connectivity index (χ4v) is 1.99. The summed E-state index contributed by atoms with van der Waals surface area (Å²) < 4.78 is 40.0. The predicted molar refractivity (Wildman–Crippen MR) is 73.6 cm³/mol. The van der Waals surface area contributed by atoms with Gasteiger partial charge in [-0.1, -0.05) is 12.1 Å². The molecule has 1 aromatic carbocycles. The van der Waals surface area contributed by atoms with E-state index in [0.717, 1.165) is 5.76 Å². The van der Waals surface area contributed by atoms with Crippen molar-refractivity contribution in [1.82, 2.24) is 5.32 Å². The van der Waals surface area contributed by atoms with Crippen molar-refractivity contribution in [3.05, 3.63) is 47.9 Å². The molecule has 2 rings (SSSR count). The van der Waals surface area contributed by atoms with Crippen molar-refractivity contribution >= 4 is 0 Å². The summed E-state index contributed by atoms with van der Waals surface area (Å²) in [5.41, 5.74) is 0.591. The van der Waals surface area contributed by atoms with E-state index >= 15 is 0 Å². The summed E-state index contributed by atoms with van der Waals surface area (Å²) in [5.74, 6) is 1.10. The molecule has 0 radical (unpaired) electrons. The van der Waals surface area contributed by atoms with Crippen LogP contribution in [0.1, 0.15) is 24.3 Å². The first-order valence-electron chi connectivity index (χ1n) is 6.49. The zero-order chi connectivity index (χ0) is 15.2. The number of para-hydroxylation sites is 1. The molecule has 6 heteroatoms. The van der Waals surface area contributed by atoms with Gasteiger partial charge in [0.2, 0.25) is 0 Å². The van der Waals surface area contributed by atoms with Crippen LogP contribution in [0.15, 0.2) is 41.0 Å². The number of hydrogen-bond acceptors (Lipinski definition) is 4. The second kappa shape index (κ2) is 7.08. The molecule has 0 saturated heterocycles. The number of benzene rings is 1. The maximum Gasteiger partial charge on any atom is 0.387 e. The Bertz CT molecular complexity index is 558. The van der Waals surface area contributed by atoms with E-state index in [1.54, 1.807) is 30.5 Å². The molecule has 114 valence electrons. The van der Waals surface area contributed by atoms with E-state index in [1.165, 1.54) is 7.11 Å². The van der Waals surface area contributed by atoms with E-state index in [2.05, 4.69) is 10.1 Å². The third kappa shape index (κ3) is 3.95. The lowest BCUT2D eigenvalue weighted by Gasteiger charge is -2.16. The molecule has 0 amide bonds. The lowest BCUT2D eigenvalue weighted by molar-refractivity contribution is -0.0519. The molecule has 0 aliphatic rings. The summed E-state index contributed by atoms with van der Waals surface area (Å²) in [4.78, 5) is 0. The minimum absolute atomic E-state index is 0.0501. The molecule has 2 aromatic rings. The van der Waals surface area contributed by atoms with Gasteiger partial charge in [-0.2, -0.15) is 8.78 Å². The SMILES string of the molecule is COc1cccc(CNC(C)c2ccco2)c1OC(F)F. The summed E-state index contributed by atoms with van der Waals surface area (Å²) in [7, 11) is 1.41. The van der Waals surface area contributed by atoms with Crippen LogP contribution in [0.2, 0.25) is 0 Å². The van der Waals surface area contributed by atoms with Crippen molar-refractivity contribution in [3.8, 4) is 11.5 Å². The molecule has 1 heterocycles. The molecule has 1 N–H and O–H groups in total. The predicted octanol–water partition coefficient (Wildman–Crippen LogP) is 3.74. The van der Waals surface area contributed by atoms with Gasteiger partial charge in [-0.15, -0.1) is 0 Å². The highest BCUT2D eigenvalue weighted by molar-refractivity contribution is 5.46. The van der Waals surface area contributed by atoms with Crippen LogP contribution in [0, 0.1) is 0 Å². The second-order valence-electron chi connectivity index (χ2n) is 4.45. The highest BCUT2D eigenvalue weighted by Gasteiger charge is 2.16. The van der Waals surface area contributed by atoms with Gasteiger partial charge in [0.25, 0.3) is 0 Å². The highest BCUT2D eigenvalue weighted by Crippen LogP contribution is 2.32. The fourth-order valence-electron chi connectivity index (χ4n) is 1.99. The minimum atomic E-state index is -2.90. The van der Waals surface area contributed by atoms with E-state index < -0.39 is 6.61 Å². The van der Waals surface area contributed by atoms with Gasteiger partial charge in [0, 0.05) is 12.1 Å². The van der Waals surface area contributed by atoms with Crippen LogP contribution in [-0.4, -0.2) is 13.7 Å². The average molecular weight is 297 g/mol. The van der Waals surface area contributed by atoms with Crippen molar-refractivity contribution in [2.45, 2.75) is 26.1 Å². The van der Waals surface area contributed by atoms with Crippen LogP contribution < -0.4 is 14.8 Å². The first-order chi connectivity index (χ1) is 10.1. The topological polar surface area (TPSA) is 43.6 Å². The quantitative estimate of drug-likeness (QED) is 0.845. The van der Waals surface area contributed by atoms with Crippen molar-refractivity contribution in [2.24, 2.45) is 0 Å². The molecule has 1 atom stereocenters. The zero-order valence-electron chi connectivity index (χ0n) is 11.8. The lowest BCUT2D eigenvalue weighted by Crippen LogP contribution is -2.18. The van der Waals surface area contributed by atoms with Crippen molar-refractivity contribution < 1.29 is 22.7 Å². The normalized spacial score (nSPS) is 12.4. The van der Waals surface area contributed by atoms with Crippen molar-refractivity contribution in [2.75, 3.05) is 7.11 Å². The molecular formula is C15H17F2NO3. The smallest absolute Gasteiger partial charge is 0.387 e. The number of methoxy groups -OCH3 is 1. The van der Waals surface area contributed by atoms with Crippen molar-refractivity contribution in [1.29, 1.82) is 0 Å². The number of halogens is 2. The summed E-state index contributed by atoms with van der Waals surface area (Å²) in [6.07, 6.45) is 1.59. The number of nitrogens with one attached hydrogen (secondary N) is 1. The highest BCUT2D eigenvalue weighted by atomic mass is 19.3. The summed E-state index contributed by atoms with van der Waals surface area (Å²) in [6.45, 7) is -0.629. The largest absolute Gasteiger partial charge is 0.493 e. The molecule has 0 spiro atoms. The van der Waals surface area contributed by atoms with E-state index in [-0.39, 0.29) is 17.5 Å². The number of alkyl halides is 2. The van der Waals surface area contributed by atoms with Gasteiger partial charge in [-0.3, -0.25) is 0 Å². The Hall–Kier alpha value is -2.08. The molecule has 1 aromatic heterocycles.